The van der Waals surface area contributed by atoms with E-state index in [1.807, 2.05) is 25.1 Å². The summed E-state index contributed by atoms with van der Waals surface area (Å²) in [6, 6.07) is 6.10. The lowest BCUT2D eigenvalue weighted by atomic mass is 9.86. The summed E-state index contributed by atoms with van der Waals surface area (Å²) in [6.45, 7) is 3.77. The third-order valence-electron chi connectivity index (χ3n) is 6.07. The molecule has 2 aliphatic rings. The highest BCUT2D eigenvalue weighted by molar-refractivity contribution is 5.73. The molecule has 6 atom stereocenters. The van der Waals surface area contributed by atoms with Crippen molar-refractivity contribution in [2.45, 2.75) is 70.2 Å². The number of aliphatic hydroxyl groups excluding tert-OH is 2. The number of hydrogen-bond donors (Lipinski definition) is 3. The fourth-order valence-electron chi connectivity index (χ4n) is 4.43. The minimum atomic E-state index is -0.593. The molecule has 1 saturated carbocycles. The molecule has 0 aromatic heterocycles. The highest BCUT2D eigenvalue weighted by atomic mass is 16.5. The molecule has 1 aromatic carbocycles. The number of ether oxygens (including phenoxy) is 1. The predicted octanol–water partition coefficient (Wildman–Crippen LogP) is 2.69. The van der Waals surface area contributed by atoms with E-state index in [1.54, 1.807) is 13.0 Å². The summed E-state index contributed by atoms with van der Waals surface area (Å²) < 4.78 is 6.24. The molecular weight excluding hydrogens is 366 g/mol. The fourth-order valence-corrected chi connectivity index (χ4v) is 4.43. The lowest BCUT2D eigenvalue weighted by molar-refractivity contribution is -0.118. The fraction of sp³-hybridized carbons (Fsp3) is 0.542. The van der Waals surface area contributed by atoms with E-state index in [2.05, 4.69) is 17.9 Å². The Hall–Kier alpha value is -2.29. The second kappa shape index (κ2) is 9.47. The molecule has 5 heteroatoms. The lowest BCUT2D eigenvalue weighted by Crippen LogP contribution is -2.19. The first-order valence-corrected chi connectivity index (χ1v) is 10.4. The molecule has 1 fully saturated rings. The van der Waals surface area contributed by atoms with Gasteiger partial charge in [0.25, 0.3) is 0 Å². The first kappa shape index (κ1) is 21.4. The van der Waals surface area contributed by atoms with Crippen LogP contribution in [0.25, 0.3) is 0 Å². The van der Waals surface area contributed by atoms with Crippen LogP contribution < -0.4 is 10.5 Å². The Labute approximate surface area is 173 Å². The van der Waals surface area contributed by atoms with Crippen molar-refractivity contribution >= 4 is 5.91 Å². The number of nitrogens with two attached hydrogens (primary N) is 1. The monoisotopic (exact) mass is 397 g/mol. The molecule has 0 radical (unpaired) electrons. The van der Waals surface area contributed by atoms with Gasteiger partial charge in [0.1, 0.15) is 11.9 Å². The molecule has 5 nitrogen and oxygen atoms in total. The van der Waals surface area contributed by atoms with Crippen molar-refractivity contribution in [2.24, 2.45) is 17.6 Å². The maximum Gasteiger partial charge on any atom is 0.217 e. The minimum Gasteiger partial charge on any atom is -0.489 e. The summed E-state index contributed by atoms with van der Waals surface area (Å²) in [4.78, 5) is 11.0. The van der Waals surface area contributed by atoms with E-state index in [9.17, 15) is 15.0 Å². The van der Waals surface area contributed by atoms with Crippen molar-refractivity contribution < 1.29 is 19.7 Å². The zero-order valence-corrected chi connectivity index (χ0v) is 17.2. The number of hydrogen-bond acceptors (Lipinski definition) is 4. The van der Waals surface area contributed by atoms with Gasteiger partial charge in [-0.3, -0.25) is 4.79 Å². The molecule has 0 saturated heterocycles. The number of para-hydroxylation sites is 1. The first-order valence-electron chi connectivity index (χ1n) is 10.4. The highest BCUT2D eigenvalue weighted by Gasteiger charge is 2.48. The smallest absolute Gasteiger partial charge is 0.217 e. The van der Waals surface area contributed by atoms with Crippen LogP contribution in [0.15, 0.2) is 30.4 Å². The summed E-state index contributed by atoms with van der Waals surface area (Å²) in [5.41, 5.74) is 7.44. The quantitative estimate of drug-likeness (QED) is 0.464. The maximum absolute atomic E-state index is 11.0. The van der Waals surface area contributed by atoms with Gasteiger partial charge >= 0.3 is 0 Å². The normalized spacial score (nSPS) is 26.9. The molecule has 0 bridgehead atoms. The summed E-state index contributed by atoms with van der Waals surface area (Å²) in [7, 11) is 0. The Balaban J connectivity index is 1.75. The van der Waals surface area contributed by atoms with Gasteiger partial charge in [0.05, 0.1) is 12.2 Å². The number of fused-ring (bicyclic) bond motifs is 3. The Bertz CT molecular complexity index is 822. The van der Waals surface area contributed by atoms with E-state index in [4.69, 9.17) is 10.5 Å². The van der Waals surface area contributed by atoms with Crippen molar-refractivity contribution in [1.82, 2.24) is 0 Å². The van der Waals surface area contributed by atoms with Gasteiger partial charge in [-0.25, -0.2) is 0 Å². The molecule has 1 aromatic rings. The van der Waals surface area contributed by atoms with Gasteiger partial charge in [0.15, 0.2) is 0 Å². The van der Waals surface area contributed by atoms with E-state index in [0.29, 0.717) is 25.7 Å². The maximum atomic E-state index is 11.0. The van der Waals surface area contributed by atoms with Crippen molar-refractivity contribution in [3.05, 3.63) is 41.5 Å². The average molecular weight is 398 g/mol. The molecule has 29 heavy (non-hydrogen) atoms. The van der Waals surface area contributed by atoms with Crippen molar-refractivity contribution in [1.29, 1.82) is 0 Å². The van der Waals surface area contributed by atoms with Gasteiger partial charge < -0.3 is 20.7 Å². The van der Waals surface area contributed by atoms with Crippen molar-refractivity contribution in [3.63, 3.8) is 0 Å². The van der Waals surface area contributed by atoms with E-state index in [0.717, 1.165) is 23.3 Å². The lowest BCUT2D eigenvalue weighted by Gasteiger charge is -2.19. The number of aliphatic hydroxyl groups is 2. The van der Waals surface area contributed by atoms with Crippen LogP contribution in [-0.2, 0) is 11.2 Å². The molecule has 3 rings (SSSR count). The average Bonchev–Trinajstić information content (AvgIpc) is 3.19. The zero-order chi connectivity index (χ0) is 21.0. The largest absolute Gasteiger partial charge is 0.489 e. The van der Waals surface area contributed by atoms with Crippen LogP contribution in [0.1, 0.15) is 56.6 Å². The predicted molar refractivity (Wildman–Crippen MR) is 112 cm³/mol. The van der Waals surface area contributed by atoms with Crippen LogP contribution in [0.3, 0.4) is 0 Å². The van der Waals surface area contributed by atoms with Crippen LogP contribution >= 0.6 is 0 Å². The summed E-state index contributed by atoms with van der Waals surface area (Å²) in [6.07, 6.45) is 5.61. The van der Waals surface area contributed by atoms with Crippen molar-refractivity contribution in [3.8, 4) is 17.6 Å². The number of primary amides is 1. The highest BCUT2D eigenvalue weighted by Crippen LogP contribution is 2.52. The SMILES string of the molecule is CC#CC[C@@H](C)[C@@H](O)/C=C/[C@@H]1[C@H]2c3cccc(CCCC(N)=O)c3O[C@H]2C[C@H]1O. The first-order chi connectivity index (χ1) is 13.9. The number of rotatable bonds is 8. The van der Waals surface area contributed by atoms with E-state index >= 15 is 0 Å². The van der Waals surface area contributed by atoms with Gasteiger partial charge in [-0.15, -0.1) is 11.8 Å². The molecule has 1 amide bonds. The van der Waals surface area contributed by atoms with Gasteiger partial charge in [-0.2, -0.15) is 0 Å². The summed E-state index contributed by atoms with van der Waals surface area (Å²) in [5.74, 6) is 6.48. The Morgan fingerprint density at radius 1 is 1.45 bits per heavy atom. The van der Waals surface area contributed by atoms with E-state index in [1.165, 1.54) is 0 Å². The van der Waals surface area contributed by atoms with Gasteiger partial charge in [-0.05, 0) is 31.2 Å². The van der Waals surface area contributed by atoms with Crippen LogP contribution in [0.4, 0.5) is 0 Å². The third kappa shape index (κ3) is 4.83. The second-order valence-corrected chi connectivity index (χ2v) is 8.20. The van der Waals surface area contributed by atoms with E-state index < -0.39 is 12.2 Å². The van der Waals surface area contributed by atoms with Crippen LogP contribution in [-0.4, -0.2) is 34.4 Å². The van der Waals surface area contributed by atoms with Crippen LogP contribution in [0, 0.1) is 23.7 Å². The van der Waals surface area contributed by atoms with Crippen molar-refractivity contribution in [2.75, 3.05) is 0 Å². The van der Waals surface area contributed by atoms with Gasteiger partial charge in [-0.1, -0.05) is 37.3 Å². The summed E-state index contributed by atoms with van der Waals surface area (Å²) >= 11 is 0. The Kier molecular flexibility index (Phi) is 7.00. The number of carbonyl (C=O) groups is 1. The number of carbonyl (C=O) groups excluding carboxylic acids is 1. The third-order valence-corrected chi connectivity index (χ3v) is 6.07. The zero-order valence-electron chi connectivity index (χ0n) is 17.2. The van der Waals surface area contributed by atoms with E-state index in [-0.39, 0.29) is 29.8 Å². The van der Waals surface area contributed by atoms with Crippen LogP contribution in [0.2, 0.25) is 0 Å². The molecule has 4 N–H and O–H groups in total. The standard InChI is InChI=1S/C24H31NO4/c1-3-4-7-15(2)19(26)13-12-17-20(27)14-21-23(17)18-10-5-8-16(24(18)29-21)9-6-11-22(25)28/h5,8,10,12-13,15,17,19-21,23,26-27H,6-7,9,11,14H2,1-2H3,(H2,25,28)/b13-12+/t15-,17+,19+,20-,21+,23+/m1/s1. The Morgan fingerprint density at radius 2 is 2.24 bits per heavy atom. The van der Waals surface area contributed by atoms with Gasteiger partial charge in [0, 0.05) is 36.7 Å². The number of benzene rings is 1. The number of amides is 1. The second-order valence-electron chi connectivity index (χ2n) is 8.20. The molecule has 1 heterocycles. The molecule has 1 aliphatic heterocycles. The molecule has 156 valence electrons. The minimum absolute atomic E-state index is 0.0389. The molecular formula is C24H31NO4. The summed E-state index contributed by atoms with van der Waals surface area (Å²) in [5, 5.41) is 21.0. The molecule has 0 spiro atoms. The Morgan fingerprint density at radius 3 is 2.97 bits per heavy atom. The number of aryl methyl sites for hydroxylation is 1. The van der Waals surface area contributed by atoms with Crippen LogP contribution in [0.5, 0.6) is 5.75 Å². The topological polar surface area (TPSA) is 92.8 Å². The molecule has 0 unspecified atom stereocenters. The van der Waals surface area contributed by atoms with Gasteiger partial charge in [0.2, 0.25) is 5.91 Å². The molecule has 1 aliphatic carbocycles.